The molecule has 7 nitrogen and oxygen atoms in total. The van der Waals surface area contributed by atoms with E-state index in [-0.39, 0.29) is 23.6 Å². The molecule has 0 radical (unpaired) electrons. The standard InChI is InChI=1S/C28H26F2N4O3/c1-28(2,3)37-27(36)34-22-9-8-19(11-22)25(34)26(35)33-21(15-32)10-18-6-4-16(12-23(18)29)17-5-7-20(14-31)24(30)13-17/h4-7,11-13,21-22,25H,8-10H2,1-3H3,(H,33,35)/t21?,22?,25-/m0/s1. The van der Waals surface area contributed by atoms with Gasteiger partial charge in [-0.2, -0.15) is 10.5 Å². The number of likely N-dealkylation sites (tertiary alicyclic amines) is 1. The molecule has 0 aromatic heterocycles. The molecule has 1 N–H and O–H groups in total. The number of hydrogen-bond acceptors (Lipinski definition) is 5. The molecule has 37 heavy (non-hydrogen) atoms. The zero-order valence-corrected chi connectivity index (χ0v) is 20.7. The van der Waals surface area contributed by atoms with Gasteiger partial charge in [0.2, 0.25) is 5.91 Å². The van der Waals surface area contributed by atoms with Crippen molar-refractivity contribution in [2.24, 2.45) is 0 Å². The van der Waals surface area contributed by atoms with Crippen molar-refractivity contribution in [2.45, 2.75) is 63.8 Å². The molecule has 0 fully saturated rings. The second-order valence-electron chi connectivity index (χ2n) is 10.1. The Kier molecular flexibility index (Phi) is 7.00. The van der Waals surface area contributed by atoms with Gasteiger partial charge in [0.25, 0.3) is 0 Å². The Morgan fingerprint density at radius 2 is 1.81 bits per heavy atom. The van der Waals surface area contributed by atoms with Gasteiger partial charge in [0.05, 0.1) is 17.7 Å². The molecular weight excluding hydrogens is 478 g/mol. The Labute approximate surface area is 213 Å². The number of amides is 2. The van der Waals surface area contributed by atoms with Gasteiger partial charge in [-0.15, -0.1) is 0 Å². The third-order valence-corrected chi connectivity index (χ3v) is 6.35. The number of carbonyl (C=O) groups excluding carboxylic acids is 2. The van der Waals surface area contributed by atoms with Crippen LogP contribution in [-0.4, -0.2) is 40.6 Å². The number of halogens is 2. The van der Waals surface area contributed by atoms with Crippen LogP contribution in [0.1, 0.15) is 44.7 Å². The number of nitrogens with zero attached hydrogens (tertiary/aromatic N) is 3. The summed E-state index contributed by atoms with van der Waals surface area (Å²) in [6.45, 7) is 5.23. The van der Waals surface area contributed by atoms with Gasteiger partial charge in [-0.1, -0.05) is 24.3 Å². The summed E-state index contributed by atoms with van der Waals surface area (Å²) < 4.78 is 34.4. The van der Waals surface area contributed by atoms with Crippen LogP contribution in [-0.2, 0) is 16.0 Å². The number of nitrogens with one attached hydrogen (secondary N) is 1. The lowest BCUT2D eigenvalue weighted by atomic mass is 9.98. The van der Waals surface area contributed by atoms with Crippen molar-refractivity contribution >= 4 is 12.0 Å². The SMILES string of the molecule is CC(C)(C)OC(=O)N1C2C=C(CC2)[C@H]1C(=O)NC(C#N)Cc1ccc(-c2ccc(C#N)c(F)c2)cc1F. The van der Waals surface area contributed by atoms with E-state index in [1.54, 1.807) is 32.9 Å². The second-order valence-corrected chi connectivity index (χ2v) is 10.1. The van der Waals surface area contributed by atoms with E-state index in [9.17, 15) is 23.6 Å². The summed E-state index contributed by atoms with van der Waals surface area (Å²) in [5.74, 6) is -1.83. The molecule has 2 amide bonds. The predicted octanol–water partition coefficient (Wildman–Crippen LogP) is 4.76. The summed E-state index contributed by atoms with van der Waals surface area (Å²) in [4.78, 5) is 27.4. The van der Waals surface area contributed by atoms with Gasteiger partial charge in [-0.25, -0.2) is 13.6 Å². The molecule has 1 heterocycles. The molecule has 4 rings (SSSR count). The summed E-state index contributed by atoms with van der Waals surface area (Å²) in [5.41, 5.74) is 0.969. The number of piperidine rings is 1. The van der Waals surface area contributed by atoms with Crippen LogP contribution in [0, 0.1) is 34.3 Å². The van der Waals surface area contributed by atoms with Crippen LogP contribution in [0.4, 0.5) is 13.6 Å². The van der Waals surface area contributed by atoms with E-state index in [2.05, 4.69) is 5.32 Å². The van der Waals surface area contributed by atoms with Crippen molar-refractivity contribution in [1.29, 1.82) is 10.5 Å². The Morgan fingerprint density at radius 1 is 1.14 bits per heavy atom. The van der Waals surface area contributed by atoms with Crippen molar-refractivity contribution in [1.82, 2.24) is 10.2 Å². The van der Waals surface area contributed by atoms with Gasteiger partial charge in [0.1, 0.15) is 35.4 Å². The van der Waals surface area contributed by atoms with Gasteiger partial charge in [0, 0.05) is 6.42 Å². The number of rotatable bonds is 5. The molecule has 9 heteroatoms. The highest BCUT2D eigenvalue weighted by molar-refractivity contribution is 5.91. The highest BCUT2D eigenvalue weighted by Gasteiger charge is 2.47. The Balaban J connectivity index is 1.47. The fourth-order valence-corrected chi connectivity index (χ4v) is 4.67. The van der Waals surface area contributed by atoms with Crippen LogP contribution < -0.4 is 5.32 Å². The number of ether oxygens (including phenoxy) is 1. The third-order valence-electron chi connectivity index (χ3n) is 6.35. The minimum absolute atomic E-state index is 0.0995. The van der Waals surface area contributed by atoms with Crippen LogP contribution in [0.5, 0.6) is 0 Å². The summed E-state index contributed by atoms with van der Waals surface area (Å²) in [6, 6.07) is 9.86. The van der Waals surface area contributed by atoms with E-state index in [1.807, 2.05) is 12.1 Å². The number of carbonyl (C=O) groups is 2. The lowest BCUT2D eigenvalue weighted by molar-refractivity contribution is -0.126. The first-order valence-electron chi connectivity index (χ1n) is 11.9. The zero-order chi connectivity index (χ0) is 26.9. The largest absolute Gasteiger partial charge is 0.444 e. The molecule has 0 saturated carbocycles. The van der Waals surface area contributed by atoms with Crippen molar-refractivity contribution in [3.8, 4) is 23.3 Å². The van der Waals surface area contributed by atoms with Gasteiger partial charge in [0.15, 0.2) is 0 Å². The van der Waals surface area contributed by atoms with Crippen LogP contribution >= 0.6 is 0 Å². The first-order chi connectivity index (χ1) is 17.5. The van der Waals surface area contributed by atoms with Gasteiger partial charge in [-0.05, 0) is 74.1 Å². The topological polar surface area (TPSA) is 106 Å². The number of benzene rings is 2. The highest BCUT2D eigenvalue weighted by Crippen LogP contribution is 2.38. The Morgan fingerprint density at radius 3 is 2.41 bits per heavy atom. The molecule has 0 saturated heterocycles. The maximum atomic E-state index is 14.9. The maximum absolute atomic E-state index is 14.9. The fraction of sp³-hybridized carbons (Fsp3) is 0.357. The monoisotopic (exact) mass is 504 g/mol. The van der Waals surface area contributed by atoms with Crippen molar-refractivity contribution in [3.05, 3.63) is 70.8 Å². The highest BCUT2D eigenvalue weighted by atomic mass is 19.1. The van der Waals surface area contributed by atoms with Gasteiger partial charge < -0.3 is 10.1 Å². The number of nitriles is 2. The van der Waals surface area contributed by atoms with Crippen molar-refractivity contribution in [2.75, 3.05) is 0 Å². The van der Waals surface area contributed by atoms with E-state index < -0.39 is 41.3 Å². The van der Waals surface area contributed by atoms with Gasteiger partial charge >= 0.3 is 6.09 Å². The fourth-order valence-electron chi connectivity index (χ4n) is 4.67. The van der Waals surface area contributed by atoms with E-state index in [0.717, 1.165) is 11.6 Å². The summed E-state index contributed by atoms with van der Waals surface area (Å²) in [5, 5.41) is 21.2. The predicted molar refractivity (Wildman–Crippen MR) is 131 cm³/mol. The van der Waals surface area contributed by atoms with Crippen molar-refractivity contribution < 1.29 is 23.1 Å². The second kappa shape index (κ2) is 10.0. The molecule has 2 aromatic carbocycles. The van der Waals surface area contributed by atoms with Gasteiger partial charge in [-0.3, -0.25) is 9.69 Å². The van der Waals surface area contributed by atoms with Crippen LogP contribution in [0.15, 0.2) is 48.0 Å². The molecule has 1 aliphatic carbocycles. The average molecular weight is 505 g/mol. The molecule has 3 atom stereocenters. The van der Waals surface area contributed by atoms with E-state index >= 15 is 0 Å². The lowest BCUT2D eigenvalue weighted by Gasteiger charge is -2.36. The lowest BCUT2D eigenvalue weighted by Crippen LogP contribution is -2.55. The quantitative estimate of drug-likeness (QED) is 0.591. The minimum Gasteiger partial charge on any atom is -0.444 e. The normalized spacial score (nSPS) is 19.0. The molecule has 2 bridgehead atoms. The summed E-state index contributed by atoms with van der Waals surface area (Å²) >= 11 is 0. The molecule has 2 unspecified atom stereocenters. The Bertz CT molecular complexity index is 1370. The summed E-state index contributed by atoms with van der Waals surface area (Å²) in [6.07, 6.45) is 2.57. The van der Waals surface area contributed by atoms with E-state index in [4.69, 9.17) is 10.00 Å². The number of hydrogen-bond donors (Lipinski definition) is 1. The molecule has 2 aromatic rings. The Hall–Kier alpha value is -4.24. The number of fused-ring (bicyclic) bond motifs is 1. The minimum atomic E-state index is -1.04. The van der Waals surface area contributed by atoms with Crippen molar-refractivity contribution in [3.63, 3.8) is 0 Å². The molecule has 2 aliphatic rings. The molecular formula is C28H26F2N4O3. The van der Waals surface area contributed by atoms with Crippen LogP contribution in [0.3, 0.4) is 0 Å². The smallest absolute Gasteiger partial charge is 0.411 e. The first-order valence-corrected chi connectivity index (χ1v) is 11.9. The first kappa shape index (κ1) is 25.8. The van der Waals surface area contributed by atoms with E-state index in [1.165, 1.54) is 29.2 Å². The third kappa shape index (κ3) is 5.46. The maximum Gasteiger partial charge on any atom is 0.411 e. The molecule has 1 aliphatic heterocycles. The zero-order valence-electron chi connectivity index (χ0n) is 20.7. The van der Waals surface area contributed by atoms with Crippen LogP contribution in [0.2, 0.25) is 0 Å². The molecule has 190 valence electrons. The average Bonchev–Trinajstić information content (AvgIpc) is 3.45. The van der Waals surface area contributed by atoms with E-state index in [0.29, 0.717) is 24.0 Å². The molecule has 0 spiro atoms. The summed E-state index contributed by atoms with van der Waals surface area (Å²) in [7, 11) is 0. The van der Waals surface area contributed by atoms with Crippen LogP contribution in [0.25, 0.3) is 11.1 Å².